The highest BCUT2D eigenvalue weighted by atomic mass is 16.5. The number of anilines is 1. The predicted octanol–water partition coefficient (Wildman–Crippen LogP) is 3.30. The van der Waals surface area contributed by atoms with E-state index in [9.17, 15) is 9.59 Å². The summed E-state index contributed by atoms with van der Waals surface area (Å²) in [6.07, 6.45) is 1.03. The molecule has 0 aliphatic rings. The first-order valence-electron chi connectivity index (χ1n) is 7.07. The fourth-order valence-corrected chi connectivity index (χ4v) is 2.00. The number of aliphatic carboxylic acids is 1. The Kier molecular flexibility index (Phi) is 6.21. The predicted molar refractivity (Wildman–Crippen MR) is 81.5 cm³/mol. The molecule has 1 amide bonds. The van der Waals surface area contributed by atoms with E-state index in [4.69, 9.17) is 9.84 Å². The van der Waals surface area contributed by atoms with Gasteiger partial charge in [0.05, 0.1) is 13.0 Å². The highest BCUT2D eigenvalue weighted by Crippen LogP contribution is 2.26. The summed E-state index contributed by atoms with van der Waals surface area (Å²) in [5.74, 6) is -0.392. The number of hydrogen-bond acceptors (Lipinski definition) is 3. The van der Waals surface area contributed by atoms with Crippen LogP contribution in [0.1, 0.15) is 40.0 Å². The Labute approximate surface area is 125 Å². The van der Waals surface area contributed by atoms with E-state index in [0.717, 1.165) is 6.42 Å². The Morgan fingerprint density at radius 3 is 2.62 bits per heavy atom. The van der Waals surface area contributed by atoms with Crippen LogP contribution in [0.4, 0.5) is 5.69 Å². The van der Waals surface area contributed by atoms with Crippen molar-refractivity contribution in [1.82, 2.24) is 0 Å². The van der Waals surface area contributed by atoms with E-state index in [1.807, 2.05) is 19.1 Å². The van der Waals surface area contributed by atoms with Gasteiger partial charge in [0.2, 0.25) is 5.91 Å². The molecule has 0 heterocycles. The number of nitrogens with one attached hydrogen (secondary N) is 1. The van der Waals surface area contributed by atoms with Crippen LogP contribution in [-0.2, 0) is 9.59 Å². The lowest BCUT2D eigenvalue weighted by Crippen LogP contribution is -2.24. The average molecular weight is 293 g/mol. The van der Waals surface area contributed by atoms with Gasteiger partial charge in [-0.25, -0.2) is 0 Å². The average Bonchev–Trinajstić information content (AvgIpc) is 2.34. The Morgan fingerprint density at radius 1 is 1.29 bits per heavy atom. The van der Waals surface area contributed by atoms with Gasteiger partial charge in [0, 0.05) is 18.2 Å². The number of carbonyl (C=O) groups is 2. The van der Waals surface area contributed by atoms with Crippen molar-refractivity contribution in [3.05, 3.63) is 24.3 Å². The number of carboxylic acids is 1. The van der Waals surface area contributed by atoms with E-state index >= 15 is 0 Å². The zero-order valence-electron chi connectivity index (χ0n) is 12.8. The quantitative estimate of drug-likeness (QED) is 0.771. The maximum Gasteiger partial charge on any atom is 0.303 e. The molecule has 21 heavy (non-hydrogen) atoms. The molecule has 1 aromatic carbocycles. The van der Waals surface area contributed by atoms with E-state index in [1.165, 1.54) is 0 Å². The first-order valence-corrected chi connectivity index (χ1v) is 7.07. The molecule has 5 heteroatoms. The zero-order valence-corrected chi connectivity index (χ0v) is 12.8. The Balaban J connectivity index is 2.60. The van der Waals surface area contributed by atoms with Gasteiger partial charge in [-0.3, -0.25) is 9.59 Å². The van der Waals surface area contributed by atoms with Crippen LogP contribution in [0.15, 0.2) is 24.3 Å². The normalized spacial score (nSPS) is 11.0. The summed E-state index contributed by atoms with van der Waals surface area (Å²) >= 11 is 0. The summed E-state index contributed by atoms with van der Waals surface area (Å²) in [7, 11) is 0. The van der Waals surface area contributed by atoms with Crippen molar-refractivity contribution in [3.8, 4) is 5.75 Å². The Morgan fingerprint density at radius 2 is 2.00 bits per heavy atom. The van der Waals surface area contributed by atoms with Crippen LogP contribution in [0.5, 0.6) is 5.75 Å². The molecule has 0 aliphatic heterocycles. The largest absolute Gasteiger partial charge is 0.494 e. The minimum absolute atomic E-state index is 0.0416. The van der Waals surface area contributed by atoms with Crippen LogP contribution in [0.25, 0.3) is 0 Å². The van der Waals surface area contributed by atoms with Gasteiger partial charge in [0.1, 0.15) is 5.75 Å². The van der Waals surface area contributed by atoms with Gasteiger partial charge < -0.3 is 15.2 Å². The van der Waals surface area contributed by atoms with Gasteiger partial charge in [-0.05, 0) is 24.0 Å². The molecular formula is C16H23NO4. The van der Waals surface area contributed by atoms with Gasteiger partial charge in [-0.1, -0.05) is 26.8 Å². The number of carbonyl (C=O) groups excluding carboxylic acids is 1. The van der Waals surface area contributed by atoms with Crippen LogP contribution in [0.2, 0.25) is 0 Å². The molecule has 1 aromatic rings. The number of hydrogen-bond donors (Lipinski definition) is 2. The molecule has 0 saturated heterocycles. The van der Waals surface area contributed by atoms with Gasteiger partial charge in [0.25, 0.3) is 0 Å². The van der Waals surface area contributed by atoms with Crippen molar-refractivity contribution in [2.24, 2.45) is 5.41 Å². The third kappa shape index (κ3) is 6.79. The van der Waals surface area contributed by atoms with Crippen molar-refractivity contribution in [1.29, 1.82) is 0 Å². The third-order valence-corrected chi connectivity index (χ3v) is 2.86. The number of carboxylic acid groups (broad SMARTS) is 1. The van der Waals surface area contributed by atoms with Crippen molar-refractivity contribution in [2.45, 2.75) is 40.0 Å². The molecule has 1 rings (SSSR count). The lowest BCUT2D eigenvalue weighted by molar-refractivity contribution is -0.139. The van der Waals surface area contributed by atoms with E-state index in [-0.39, 0.29) is 18.7 Å². The maximum absolute atomic E-state index is 12.0. The second-order valence-electron chi connectivity index (χ2n) is 5.84. The molecular weight excluding hydrogens is 270 g/mol. The van der Waals surface area contributed by atoms with Crippen LogP contribution in [0.3, 0.4) is 0 Å². The molecule has 5 nitrogen and oxygen atoms in total. The fraction of sp³-hybridized carbons (Fsp3) is 0.500. The monoisotopic (exact) mass is 293 g/mol. The van der Waals surface area contributed by atoms with Crippen molar-refractivity contribution in [3.63, 3.8) is 0 Å². The van der Waals surface area contributed by atoms with Crippen LogP contribution >= 0.6 is 0 Å². The van der Waals surface area contributed by atoms with Crippen LogP contribution in [0, 0.1) is 5.41 Å². The van der Waals surface area contributed by atoms with Gasteiger partial charge >= 0.3 is 5.97 Å². The molecule has 0 saturated carbocycles. The SMILES string of the molecule is CCCOc1cccc(NC(=O)CC(C)(C)CC(=O)O)c1. The smallest absolute Gasteiger partial charge is 0.303 e. The number of benzene rings is 1. The summed E-state index contributed by atoms with van der Waals surface area (Å²) in [4.78, 5) is 22.7. The molecule has 0 bridgehead atoms. The van der Waals surface area contributed by atoms with Crippen LogP contribution < -0.4 is 10.1 Å². The molecule has 0 fully saturated rings. The third-order valence-electron chi connectivity index (χ3n) is 2.86. The van der Waals surface area contributed by atoms with Crippen LogP contribution in [-0.4, -0.2) is 23.6 Å². The van der Waals surface area contributed by atoms with Gasteiger partial charge in [-0.2, -0.15) is 0 Å². The molecule has 0 spiro atoms. The maximum atomic E-state index is 12.0. The molecule has 2 N–H and O–H groups in total. The van der Waals surface area contributed by atoms with E-state index in [2.05, 4.69) is 5.32 Å². The summed E-state index contributed by atoms with van der Waals surface area (Å²) in [6, 6.07) is 7.18. The Hall–Kier alpha value is -2.04. The Bertz CT molecular complexity index is 497. The lowest BCUT2D eigenvalue weighted by Gasteiger charge is -2.21. The summed E-state index contributed by atoms with van der Waals surface area (Å²) in [5.41, 5.74) is 0.0754. The molecule has 0 atom stereocenters. The fourth-order valence-electron chi connectivity index (χ4n) is 2.00. The van der Waals surface area contributed by atoms with E-state index < -0.39 is 11.4 Å². The first-order chi connectivity index (χ1) is 9.82. The summed E-state index contributed by atoms with van der Waals surface area (Å²) in [6.45, 7) is 6.18. The standard InChI is InChI=1S/C16H23NO4/c1-4-8-21-13-7-5-6-12(9-13)17-14(18)10-16(2,3)11-15(19)20/h5-7,9H,4,8,10-11H2,1-3H3,(H,17,18)(H,19,20). The second kappa shape index (κ2) is 7.67. The minimum Gasteiger partial charge on any atom is -0.494 e. The number of rotatable bonds is 8. The highest BCUT2D eigenvalue weighted by Gasteiger charge is 2.25. The molecule has 0 aliphatic carbocycles. The molecule has 0 unspecified atom stereocenters. The van der Waals surface area contributed by atoms with E-state index in [1.54, 1.807) is 26.0 Å². The molecule has 116 valence electrons. The number of ether oxygens (including phenoxy) is 1. The molecule has 0 radical (unpaired) electrons. The minimum atomic E-state index is -0.900. The van der Waals surface area contributed by atoms with Crippen molar-refractivity contribution in [2.75, 3.05) is 11.9 Å². The number of amides is 1. The topological polar surface area (TPSA) is 75.6 Å². The van der Waals surface area contributed by atoms with Gasteiger partial charge in [-0.15, -0.1) is 0 Å². The zero-order chi connectivity index (χ0) is 15.9. The summed E-state index contributed by atoms with van der Waals surface area (Å²) < 4.78 is 5.50. The second-order valence-corrected chi connectivity index (χ2v) is 5.84. The highest BCUT2D eigenvalue weighted by molar-refractivity contribution is 5.91. The van der Waals surface area contributed by atoms with Crippen molar-refractivity contribution >= 4 is 17.6 Å². The first kappa shape index (κ1) is 17.0. The molecule has 0 aromatic heterocycles. The summed E-state index contributed by atoms with van der Waals surface area (Å²) in [5, 5.41) is 11.6. The van der Waals surface area contributed by atoms with Crippen molar-refractivity contribution < 1.29 is 19.4 Å². The lowest BCUT2D eigenvalue weighted by atomic mass is 9.85. The van der Waals surface area contributed by atoms with Gasteiger partial charge in [0.15, 0.2) is 0 Å². The van der Waals surface area contributed by atoms with E-state index in [0.29, 0.717) is 18.0 Å².